The maximum absolute atomic E-state index is 5.53. The topological polar surface area (TPSA) is 62.1 Å². The lowest BCUT2D eigenvalue weighted by Crippen LogP contribution is -2.46. The van der Waals surface area contributed by atoms with E-state index < -0.39 is 0 Å². The van der Waals surface area contributed by atoms with E-state index >= 15 is 0 Å². The van der Waals surface area contributed by atoms with Crippen molar-refractivity contribution < 1.29 is 0 Å². The van der Waals surface area contributed by atoms with E-state index in [4.69, 9.17) is 5.73 Å². The zero-order valence-corrected chi connectivity index (χ0v) is 15.8. The SMILES string of the molecule is C=C(N)NCCCC(NC(=C)[C@@H](NC(C)C)C(C)C)C(=C)CC. The quantitative estimate of drug-likeness (QED) is 0.310. The summed E-state index contributed by atoms with van der Waals surface area (Å²) < 4.78 is 0. The third-order valence-electron chi connectivity index (χ3n) is 3.88. The van der Waals surface area contributed by atoms with E-state index in [1.54, 1.807) is 0 Å². The van der Waals surface area contributed by atoms with Crippen LogP contribution in [0.1, 0.15) is 53.9 Å². The van der Waals surface area contributed by atoms with Gasteiger partial charge in [0, 0.05) is 30.4 Å². The third-order valence-corrected chi connectivity index (χ3v) is 3.88. The van der Waals surface area contributed by atoms with E-state index in [0.717, 1.165) is 31.5 Å². The van der Waals surface area contributed by atoms with Crippen LogP contribution >= 0.6 is 0 Å². The van der Waals surface area contributed by atoms with Gasteiger partial charge in [0.15, 0.2) is 0 Å². The van der Waals surface area contributed by atoms with E-state index in [2.05, 4.69) is 70.3 Å². The number of nitrogens with two attached hydrogens (primary N) is 1. The molecule has 0 saturated heterocycles. The Morgan fingerprint density at radius 1 is 1.09 bits per heavy atom. The van der Waals surface area contributed by atoms with Crippen molar-refractivity contribution in [2.24, 2.45) is 11.7 Å². The van der Waals surface area contributed by atoms with Crippen molar-refractivity contribution in [3.63, 3.8) is 0 Å². The molecule has 0 aromatic heterocycles. The second-order valence-corrected chi connectivity index (χ2v) is 6.87. The van der Waals surface area contributed by atoms with Crippen LogP contribution in [-0.2, 0) is 0 Å². The summed E-state index contributed by atoms with van der Waals surface area (Å²) in [5.41, 5.74) is 7.79. The summed E-state index contributed by atoms with van der Waals surface area (Å²) in [6.45, 7) is 23.9. The van der Waals surface area contributed by atoms with Gasteiger partial charge in [0.25, 0.3) is 0 Å². The van der Waals surface area contributed by atoms with Crippen LogP contribution in [0.2, 0.25) is 0 Å². The van der Waals surface area contributed by atoms with Gasteiger partial charge in [-0.05, 0) is 25.2 Å². The highest BCUT2D eigenvalue weighted by Gasteiger charge is 2.20. The van der Waals surface area contributed by atoms with Gasteiger partial charge in [-0.15, -0.1) is 0 Å². The predicted octanol–water partition coefficient (Wildman–Crippen LogP) is 3.25. The van der Waals surface area contributed by atoms with E-state index in [0.29, 0.717) is 17.8 Å². The zero-order valence-electron chi connectivity index (χ0n) is 15.8. The van der Waals surface area contributed by atoms with Gasteiger partial charge in [0.2, 0.25) is 0 Å². The lowest BCUT2D eigenvalue weighted by atomic mass is 9.96. The first-order valence-electron chi connectivity index (χ1n) is 8.76. The van der Waals surface area contributed by atoms with Crippen molar-refractivity contribution in [2.75, 3.05) is 6.54 Å². The fraction of sp³-hybridized carbons (Fsp3) is 0.684. The highest BCUT2D eigenvalue weighted by Crippen LogP contribution is 2.16. The fourth-order valence-corrected chi connectivity index (χ4v) is 2.55. The van der Waals surface area contributed by atoms with Crippen LogP contribution in [-0.4, -0.2) is 24.7 Å². The van der Waals surface area contributed by atoms with Gasteiger partial charge in [0.1, 0.15) is 0 Å². The van der Waals surface area contributed by atoms with Crippen molar-refractivity contribution in [2.45, 2.75) is 72.0 Å². The first-order chi connectivity index (χ1) is 10.7. The van der Waals surface area contributed by atoms with Crippen LogP contribution < -0.4 is 21.7 Å². The second kappa shape index (κ2) is 11.2. The Kier molecular flexibility index (Phi) is 10.5. The van der Waals surface area contributed by atoms with Gasteiger partial charge in [-0.1, -0.05) is 59.9 Å². The molecule has 0 aromatic carbocycles. The molecule has 0 fully saturated rings. The molecule has 4 nitrogen and oxygen atoms in total. The number of rotatable bonds is 13. The number of hydrogen-bond acceptors (Lipinski definition) is 4. The summed E-state index contributed by atoms with van der Waals surface area (Å²) in [7, 11) is 0. The van der Waals surface area contributed by atoms with Gasteiger partial charge in [-0.2, -0.15) is 0 Å². The van der Waals surface area contributed by atoms with Crippen molar-refractivity contribution in [1.82, 2.24) is 16.0 Å². The highest BCUT2D eigenvalue weighted by molar-refractivity contribution is 5.14. The Morgan fingerprint density at radius 3 is 2.13 bits per heavy atom. The Morgan fingerprint density at radius 2 is 1.70 bits per heavy atom. The van der Waals surface area contributed by atoms with Crippen molar-refractivity contribution >= 4 is 0 Å². The molecule has 0 amide bonds. The molecule has 0 saturated carbocycles. The van der Waals surface area contributed by atoms with E-state index in [1.165, 1.54) is 5.57 Å². The van der Waals surface area contributed by atoms with Gasteiger partial charge >= 0.3 is 0 Å². The molecule has 0 aliphatic heterocycles. The molecule has 0 rings (SSSR count). The molecule has 0 bridgehead atoms. The average molecular weight is 323 g/mol. The van der Waals surface area contributed by atoms with Gasteiger partial charge < -0.3 is 21.7 Å². The molecule has 1 unspecified atom stereocenters. The van der Waals surface area contributed by atoms with Crippen LogP contribution in [0.5, 0.6) is 0 Å². The summed E-state index contributed by atoms with van der Waals surface area (Å²) in [4.78, 5) is 0. The smallest absolute Gasteiger partial charge is 0.0885 e. The molecule has 0 radical (unpaired) electrons. The zero-order chi connectivity index (χ0) is 18.0. The molecule has 23 heavy (non-hydrogen) atoms. The standard InChI is InChI=1S/C19H38N4/c1-9-15(6)18(11-10-12-21-17(8)20)23-16(7)19(13(2)3)22-14(4)5/h13-14,18-19,21-23H,6-12,20H2,1-5H3/t18?,19-/m0/s1. The minimum absolute atomic E-state index is 0.246. The summed E-state index contributed by atoms with van der Waals surface area (Å²) in [6.07, 6.45) is 2.97. The van der Waals surface area contributed by atoms with Crippen LogP contribution in [0, 0.1) is 5.92 Å². The van der Waals surface area contributed by atoms with Crippen LogP contribution in [0.25, 0.3) is 0 Å². The Bertz CT molecular complexity index is 385. The molecule has 2 atom stereocenters. The van der Waals surface area contributed by atoms with Crippen LogP contribution in [0.3, 0.4) is 0 Å². The maximum Gasteiger partial charge on any atom is 0.0885 e. The van der Waals surface area contributed by atoms with Crippen LogP contribution in [0.15, 0.2) is 36.8 Å². The molecule has 4 heteroatoms. The number of hydrogen-bond donors (Lipinski definition) is 4. The first kappa shape index (κ1) is 21.6. The van der Waals surface area contributed by atoms with E-state index in [-0.39, 0.29) is 12.1 Å². The monoisotopic (exact) mass is 322 g/mol. The first-order valence-corrected chi connectivity index (χ1v) is 8.76. The molecule has 0 spiro atoms. The molecule has 0 aliphatic rings. The molecule has 134 valence electrons. The Balaban J connectivity index is 4.69. The lowest BCUT2D eigenvalue weighted by molar-refractivity contribution is 0.385. The summed E-state index contributed by atoms with van der Waals surface area (Å²) in [5, 5.41) is 10.3. The molecule has 5 N–H and O–H groups in total. The molecular weight excluding hydrogens is 284 g/mol. The van der Waals surface area contributed by atoms with Gasteiger partial charge in [0.05, 0.1) is 5.82 Å². The molecule has 0 aromatic rings. The summed E-state index contributed by atoms with van der Waals surface area (Å²) in [6, 6.07) is 0.924. The molecule has 0 aliphatic carbocycles. The lowest BCUT2D eigenvalue weighted by Gasteiger charge is -2.31. The van der Waals surface area contributed by atoms with Crippen molar-refractivity contribution in [1.29, 1.82) is 0 Å². The van der Waals surface area contributed by atoms with Crippen molar-refractivity contribution in [3.05, 3.63) is 36.8 Å². The second-order valence-electron chi connectivity index (χ2n) is 6.87. The largest absolute Gasteiger partial charge is 0.386 e. The molecular formula is C19H38N4. The van der Waals surface area contributed by atoms with Crippen LogP contribution in [0.4, 0.5) is 0 Å². The molecule has 0 heterocycles. The predicted molar refractivity (Wildman–Crippen MR) is 103 cm³/mol. The maximum atomic E-state index is 5.53. The minimum atomic E-state index is 0.246. The van der Waals surface area contributed by atoms with Crippen molar-refractivity contribution in [3.8, 4) is 0 Å². The summed E-state index contributed by atoms with van der Waals surface area (Å²) in [5.74, 6) is 1.00. The number of nitrogens with one attached hydrogen (secondary N) is 3. The fourth-order valence-electron chi connectivity index (χ4n) is 2.55. The summed E-state index contributed by atoms with van der Waals surface area (Å²) >= 11 is 0. The minimum Gasteiger partial charge on any atom is -0.386 e. The third kappa shape index (κ3) is 9.34. The van der Waals surface area contributed by atoms with E-state index in [9.17, 15) is 0 Å². The van der Waals surface area contributed by atoms with Gasteiger partial charge in [-0.25, -0.2) is 0 Å². The van der Waals surface area contributed by atoms with Gasteiger partial charge in [-0.3, -0.25) is 0 Å². The Hall–Kier alpha value is -1.42. The highest BCUT2D eigenvalue weighted by atomic mass is 15.0. The average Bonchev–Trinajstić information content (AvgIpc) is 2.46. The normalized spacial score (nSPS) is 13.7. The Labute approximate surface area is 143 Å². The van der Waals surface area contributed by atoms with E-state index in [1.807, 2.05) is 0 Å².